The van der Waals surface area contributed by atoms with E-state index in [-0.39, 0.29) is 92.6 Å². The zero-order valence-electron chi connectivity index (χ0n) is 41.3. The first-order valence-corrected chi connectivity index (χ1v) is 26.0. The second-order valence-corrected chi connectivity index (χ2v) is 21.7. The Morgan fingerprint density at radius 2 is 1.69 bits per heavy atom. The van der Waals surface area contributed by atoms with Crippen molar-refractivity contribution in [1.82, 2.24) is 0 Å². The third-order valence-corrected chi connectivity index (χ3v) is 17.0. The van der Waals surface area contributed by atoms with Gasteiger partial charge in [-0.3, -0.25) is 9.59 Å². The Morgan fingerprint density at radius 1 is 0.930 bits per heavy atom. The predicted octanol–water partition coefficient (Wildman–Crippen LogP) is 6.99. The number of phenolic OH excluding ortho intramolecular Hbond substituents is 1. The van der Waals surface area contributed by atoms with Crippen molar-refractivity contribution < 1.29 is 59.2 Å². The summed E-state index contributed by atoms with van der Waals surface area (Å²) in [6, 6.07) is 15.0. The van der Waals surface area contributed by atoms with E-state index in [4.69, 9.17) is 14.2 Å². The van der Waals surface area contributed by atoms with E-state index in [0.29, 0.717) is 64.9 Å². The van der Waals surface area contributed by atoms with E-state index in [1.54, 1.807) is 18.2 Å². The minimum atomic E-state index is -1.64. The average molecular weight is 974 g/mol. The summed E-state index contributed by atoms with van der Waals surface area (Å²) in [6.07, 6.45) is 5.34. The van der Waals surface area contributed by atoms with Gasteiger partial charge >= 0.3 is 11.9 Å². The number of benzene rings is 3. The lowest BCUT2D eigenvalue weighted by Crippen LogP contribution is -2.63. The van der Waals surface area contributed by atoms with Crippen molar-refractivity contribution in [2.45, 2.75) is 164 Å². The van der Waals surface area contributed by atoms with Crippen LogP contribution in [-0.4, -0.2) is 98.1 Å². The van der Waals surface area contributed by atoms with Gasteiger partial charge in [0.2, 0.25) is 0 Å². The van der Waals surface area contributed by atoms with Gasteiger partial charge in [-0.05, 0) is 128 Å². The summed E-state index contributed by atoms with van der Waals surface area (Å²) >= 11 is 0. The molecule has 11 atom stereocenters. The van der Waals surface area contributed by atoms with Crippen LogP contribution in [0.15, 0.2) is 60.2 Å². The number of ketones is 1. The molecule has 13 nitrogen and oxygen atoms in total. The van der Waals surface area contributed by atoms with Crippen LogP contribution in [0.5, 0.6) is 11.5 Å². The Kier molecular flexibility index (Phi) is 15.2. The molecular weight excluding hydrogens is 903 g/mol. The summed E-state index contributed by atoms with van der Waals surface area (Å²) in [6.45, 7) is 2.96. The number of esters is 2. The van der Waals surface area contributed by atoms with Crippen molar-refractivity contribution in [1.29, 1.82) is 0 Å². The molecule has 10 bridgehead atoms. The van der Waals surface area contributed by atoms with Crippen molar-refractivity contribution in [3.8, 4) is 23.3 Å². The highest BCUT2D eigenvalue weighted by Gasteiger charge is 2.59. The van der Waals surface area contributed by atoms with E-state index >= 15 is 4.79 Å². The molecule has 13 heteroatoms. The Morgan fingerprint density at radius 3 is 2.44 bits per heavy atom. The maximum absolute atomic E-state index is 15.5. The second-order valence-electron chi connectivity index (χ2n) is 21.7. The monoisotopic (exact) mass is 973 g/mol. The first-order chi connectivity index (χ1) is 34.1. The number of carbonyl (C=O) groups is 3. The fraction of sp³-hybridized carbons (Fsp3) is 0.569. The first-order valence-electron chi connectivity index (χ1n) is 26.0. The van der Waals surface area contributed by atoms with Crippen molar-refractivity contribution in [3.63, 3.8) is 0 Å². The summed E-state index contributed by atoms with van der Waals surface area (Å²) < 4.78 is 18.1. The van der Waals surface area contributed by atoms with E-state index in [1.807, 2.05) is 37.3 Å². The molecule has 3 fully saturated rings. The maximum atomic E-state index is 15.5. The number of phenols is 1. The molecule has 0 spiro atoms. The Balaban J connectivity index is 1.26. The van der Waals surface area contributed by atoms with E-state index < -0.39 is 59.2 Å². The molecular formula is C58H71NO12. The van der Waals surface area contributed by atoms with E-state index in [0.717, 1.165) is 49.7 Å². The quantitative estimate of drug-likeness (QED) is 0.0621. The SMILES string of the molecule is CCC1CCC2C3Cc4cccc(c4)CC(O)C=C4CC(c5cc(CO)cc(NCC(C)(O)C(O)COC)c5)C#CC5CC(=O)Oc6c5cc(c(O)c6C5CCCCC5)CC(OC4=O)C1(O)C2CCC3=O. The van der Waals surface area contributed by atoms with Gasteiger partial charge in [0.05, 0.1) is 31.7 Å². The highest BCUT2D eigenvalue weighted by molar-refractivity contribution is 5.89. The number of carbonyl (C=O) groups excluding carboxylic acids is 3. The number of hydrogen-bond donors (Lipinski definition) is 7. The second kappa shape index (κ2) is 21.2. The van der Waals surface area contributed by atoms with Gasteiger partial charge in [0, 0.05) is 67.1 Å². The van der Waals surface area contributed by atoms with E-state index in [9.17, 15) is 40.2 Å². The number of aliphatic hydroxyl groups is 5. The van der Waals surface area contributed by atoms with Gasteiger partial charge in [0.25, 0.3) is 0 Å². The van der Waals surface area contributed by atoms with Gasteiger partial charge in [0.1, 0.15) is 40.7 Å². The summed E-state index contributed by atoms with van der Waals surface area (Å²) in [5.41, 5.74) is 1.83. The van der Waals surface area contributed by atoms with Crippen molar-refractivity contribution in [2.24, 2.45) is 23.7 Å². The van der Waals surface area contributed by atoms with E-state index in [2.05, 4.69) is 17.2 Å². The Labute approximate surface area is 417 Å². The zero-order valence-corrected chi connectivity index (χ0v) is 41.3. The van der Waals surface area contributed by atoms with Gasteiger partial charge in [-0.25, -0.2) is 4.79 Å². The molecule has 9 rings (SSSR count). The normalized spacial score (nSPS) is 30.3. The number of nitrogens with one attached hydrogen (secondary N) is 1. The number of aliphatic hydroxyl groups excluding tert-OH is 3. The number of fused-ring (bicyclic) bond motifs is 7. The summed E-state index contributed by atoms with van der Waals surface area (Å²) in [5.74, 6) is 3.09. The molecule has 3 aliphatic carbocycles. The van der Waals surface area contributed by atoms with Gasteiger partial charge in [-0.2, -0.15) is 0 Å². The molecule has 380 valence electrons. The standard InChI is InChI=1S/C58H71NO12/c1-4-42-15-16-45-47-23-34-10-8-9-33(19-34)22-44(61)26-41-24-37(39-20-35(30-60)21-43(25-39)59-32-57(2,67)50(63)31-69-3)13-14-38-29-52(64)71-55-46(38)27-40(54(65)53(55)36-11-6-5-7-12-36)28-51(70-56(41)66)58(42,68)48(45)17-18-49(47)62/h8-10,19-21,25-27,36-38,42,44-45,47-48,50-51,59-61,63,65,67-68H,4-7,11-12,15-18,22-24,28-32H2,1-3H3. The molecule has 0 saturated heterocycles. The number of anilines is 1. The highest BCUT2D eigenvalue weighted by Crippen LogP contribution is 2.56. The number of rotatable bonds is 10. The number of aromatic hydroxyl groups is 1. The number of Topliss-reactive ketones (excluding diaryl/α,β-unsaturated/α-hetero) is 1. The fourth-order valence-corrected chi connectivity index (χ4v) is 13.2. The molecule has 3 saturated carbocycles. The third-order valence-electron chi connectivity index (χ3n) is 17.0. The first kappa shape index (κ1) is 50.9. The largest absolute Gasteiger partial charge is 0.507 e. The van der Waals surface area contributed by atoms with Crippen LogP contribution in [0, 0.1) is 35.5 Å². The van der Waals surface area contributed by atoms with Crippen LogP contribution in [0.1, 0.15) is 148 Å². The van der Waals surface area contributed by atoms with Gasteiger partial charge in [-0.15, -0.1) is 0 Å². The zero-order chi connectivity index (χ0) is 50.2. The molecule has 3 aromatic rings. The topological polar surface area (TPSA) is 212 Å². The Bertz CT molecular complexity index is 2590. The lowest BCUT2D eigenvalue weighted by atomic mass is 9.53. The van der Waals surface area contributed by atoms with Crippen molar-refractivity contribution in [2.75, 3.05) is 25.6 Å². The molecule has 0 aromatic heterocycles. The fourth-order valence-electron chi connectivity index (χ4n) is 13.2. The van der Waals surface area contributed by atoms with E-state index in [1.165, 1.54) is 20.1 Å². The van der Waals surface area contributed by atoms with Crippen LogP contribution < -0.4 is 10.1 Å². The molecule has 3 aromatic carbocycles. The number of ether oxygens (including phenoxy) is 3. The van der Waals surface area contributed by atoms with Crippen LogP contribution in [0.2, 0.25) is 0 Å². The smallest absolute Gasteiger partial charge is 0.334 e. The lowest BCUT2D eigenvalue weighted by Gasteiger charge is -2.56. The minimum Gasteiger partial charge on any atom is -0.507 e. The summed E-state index contributed by atoms with van der Waals surface area (Å²) in [4.78, 5) is 43.3. The molecule has 0 amide bonds. The van der Waals surface area contributed by atoms with Crippen LogP contribution in [0.3, 0.4) is 0 Å². The third kappa shape index (κ3) is 10.4. The molecule has 11 unspecified atom stereocenters. The Hall–Kier alpha value is -5.07. The molecule has 3 heterocycles. The average Bonchev–Trinajstić information content (AvgIpc) is 3.35. The van der Waals surface area contributed by atoms with Crippen LogP contribution in [0.4, 0.5) is 5.69 Å². The van der Waals surface area contributed by atoms with Gasteiger partial charge in [-0.1, -0.05) is 74.8 Å². The lowest BCUT2D eigenvalue weighted by molar-refractivity contribution is -0.212. The maximum Gasteiger partial charge on any atom is 0.334 e. The van der Waals surface area contributed by atoms with Gasteiger partial charge in [0.15, 0.2) is 0 Å². The molecule has 0 radical (unpaired) electrons. The van der Waals surface area contributed by atoms with Crippen LogP contribution in [0.25, 0.3) is 0 Å². The number of hydrogen-bond acceptors (Lipinski definition) is 13. The van der Waals surface area contributed by atoms with Gasteiger partial charge < -0.3 is 50.2 Å². The molecule has 7 N–H and O–H groups in total. The molecule has 6 aliphatic rings. The molecule has 71 heavy (non-hydrogen) atoms. The molecule has 3 aliphatic heterocycles. The van der Waals surface area contributed by atoms with Crippen LogP contribution in [-0.2, 0) is 49.7 Å². The highest BCUT2D eigenvalue weighted by atomic mass is 16.6. The van der Waals surface area contributed by atoms with Crippen LogP contribution >= 0.6 is 0 Å². The minimum absolute atomic E-state index is 0.0440. The predicted molar refractivity (Wildman–Crippen MR) is 266 cm³/mol. The summed E-state index contributed by atoms with van der Waals surface area (Å²) in [7, 11) is 1.43. The van der Waals surface area contributed by atoms with Crippen molar-refractivity contribution in [3.05, 3.63) is 99.1 Å². The van der Waals surface area contributed by atoms with Crippen molar-refractivity contribution >= 4 is 23.4 Å². The number of methoxy groups -OCH3 is 1. The summed E-state index contributed by atoms with van der Waals surface area (Å²) in [5, 5.41) is 74.2.